The zero-order valence-electron chi connectivity index (χ0n) is 2.95. The summed E-state index contributed by atoms with van der Waals surface area (Å²) in [5, 5.41) is 0. The zero-order valence-corrected chi connectivity index (χ0v) is 5.80. The van der Waals surface area contributed by atoms with E-state index in [2.05, 4.69) is 0 Å². The fourth-order valence-electron chi connectivity index (χ4n) is 0. The van der Waals surface area contributed by atoms with Crippen molar-refractivity contribution in [1.29, 1.82) is 0 Å². The third kappa shape index (κ3) is 853. The Hall–Kier alpha value is 0.379. The van der Waals surface area contributed by atoms with Crippen molar-refractivity contribution in [3.8, 4) is 0 Å². The molecule has 0 rings (SSSR count). The van der Waals surface area contributed by atoms with E-state index < -0.39 is 0 Å². The largest absolute Gasteiger partial charge is 0.269 e. The first-order valence-electron chi connectivity index (χ1n) is 0. The van der Waals surface area contributed by atoms with Crippen molar-refractivity contribution in [3.63, 3.8) is 0 Å². The van der Waals surface area contributed by atoms with Gasteiger partial charge in [0.05, 0.1) is 0 Å². The van der Waals surface area contributed by atoms with Crippen molar-refractivity contribution in [2.45, 2.75) is 0 Å². The van der Waals surface area contributed by atoms with Crippen molar-refractivity contribution in [2.75, 3.05) is 0 Å². The summed E-state index contributed by atoms with van der Waals surface area (Å²) in [6.45, 7) is 0. The van der Waals surface area contributed by atoms with Gasteiger partial charge in [0.1, 0.15) is 0 Å². The van der Waals surface area contributed by atoms with Crippen molar-refractivity contribution in [1.82, 2.24) is 0 Å². The topological polar surface area (TPSA) is 0 Å². The van der Waals surface area contributed by atoms with E-state index in [1.165, 1.54) is 0 Å². The first kappa shape index (κ1) is 2090. The Labute approximate surface area is 52.8 Å². The predicted molar refractivity (Wildman–Crippen MR) is 20.8 cm³/mol. The van der Waals surface area contributed by atoms with Gasteiger partial charge in [0, 0.05) is 23.9 Å². The standard InChI is InChI=1S/6FH.Sn/h6*1H;. The van der Waals surface area contributed by atoms with Gasteiger partial charge < -0.3 is 0 Å². The van der Waals surface area contributed by atoms with Crippen LogP contribution in [0.2, 0.25) is 0 Å². The quantitative estimate of drug-likeness (QED) is 0.427. The van der Waals surface area contributed by atoms with Crippen LogP contribution < -0.4 is 0 Å². The second-order valence-corrected chi connectivity index (χ2v) is 0. The number of halogens is 6. The van der Waals surface area contributed by atoms with Gasteiger partial charge >= 0.3 is 0 Å². The average Bonchev–Trinajstić information content (AvgIpc) is 0. The van der Waals surface area contributed by atoms with E-state index in [0.717, 1.165) is 0 Å². The molecule has 0 nitrogen and oxygen atoms in total. The summed E-state index contributed by atoms with van der Waals surface area (Å²) in [7, 11) is 0. The molecule has 0 saturated heterocycles. The van der Waals surface area contributed by atoms with Crippen LogP contribution in [0.15, 0.2) is 0 Å². The SMILES string of the molecule is F.F.F.F.F.F.[Sn]. The van der Waals surface area contributed by atoms with Gasteiger partial charge in [0.15, 0.2) is 0 Å². The van der Waals surface area contributed by atoms with Gasteiger partial charge in [-0.05, 0) is 0 Å². The Bertz CT molecular complexity index is 4.14. The van der Waals surface area contributed by atoms with Crippen molar-refractivity contribution in [2.24, 2.45) is 0 Å². The molecule has 0 atom stereocenters. The maximum Gasteiger partial charge on any atom is 0 e. The minimum absolute atomic E-state index is 0. The molecule has 0 N–H and O–H groups in total. The van der Waals surface area contributed by atoms with Gasteiger partial charge in [-0.25, -0.2) is 0 Å². The maximum atomic E-state index is 0. The molecule has 0 aliphatic carbocycles. The smallest absolute Gasteiger partial charge is 0 e. The number of hydrogen-bond acceptors (Lipinski definition) is 0. The van der Waals surface area contributed by atoms with Crippen LogP contribution in [0.5, 0.6) is 0 Å². The van der Waals surface area contributed by atoms with Crippen LogP contribution in [0.1, 0.15) is 0 Å². The second-order valence-electron chi connectivity index (χ2n) is 0. The Balaban J connectivity index is 0. The van der Waals surface area contributed by atoms with E-state index in [-0.39, 0.29) is 52.1 Å². The molecule has 0 aliphatic rings. The average molecular weight is 239 g/mol. The van der Waals surface area contributed by atoms with Gasteiger partial charge in [-0.3, -0.25) is 28.2 Å². The Morgan fingerprint density at radius 1 is 0.286 bits per heavy atom. The van der Waals surface area contributed by atoms with Gasteiger partial charge in [-0.2, -0.15) is 0 Å². The second kappa shape index (κ2) is 1290. The molecule has 0 bridgehead atoms. The molecule has 0 saturated carbocycles. The van der Waals surface area contributed by atoms with Gasteiger partial charge in [-0.1, -0.05) is 0 Å². The molecule has 0 spiro atoms. The number of hydrogen-bond donors (Lipinski definition) is 0. The molecule has 0 amide bonds. The van der Waals surface area contributed by atoms with E-state index in [4.69, 9.17) is 0 Å². The first-order valence-corrected chi connectivity index (χ1v) is 0. The predicted octanol–water partition coefficient (Wildman–Crippen LogP) is 0.534. The monoisotopic (exact) mass is 240 g/mol. The minimum Gasteiger partial charge on any atom is -0.269 e. The molecule has 0 aliphatic heterocycles. The summed E-state index contributed by atoms with van der Waals surface area (Å²) in [4.78, 5) is 0. The summed E-state index contributed by atoms with van der Waals surface area (Å²) < 4.78 is 0. The summed E-state index contributed by atoms with van der Waals surface area (Å²) in [6, 6.07) is 0. The molecular weight excluding hydrogens is 233 g/mol. The molecule has 7 heavy (non-hydrogen) atoms. The summed E-state index contributed by atoms with van der Waals surface area (Å²) in [5.74, 6) is 0. The molecular formula is H6F6Sn. The van der Waals surface area contributed by atoms with E-state index >= 15 is 0 Å². The molecule has 52 valence electrons. The van der Waals surface area contributed by atoms with Crippen LogP contribution in [-0.2, 0) is 0 Å². The fraction of sp³-hybridized carbons (Fsp3) is 0. The number of rotatable bonds is 0. The molecule has 4 radical (unpaired) electrons. The van der Waals surface area contributed by atoms with Crippen molar-refractivity contribution >= 4 is 23.9 Å². The third-order valence-electron chi connectivity index (χ3n) is 0. The van der Waals surface area contributed by atoms with E-state index in [9.17, 15) is 0 Å². The van der Waals surface area contributed by atoms with Gasteiger partial charge in [0.25, 0.3) is 0 Å². The van der Waals surface area contributed by atoms with E-state index in [0.29, 0.717) is 0 Å². The molecule has 0 unspecified atom stereocenters. The van der Waals surface area contributed by atoms with Crippen LogP contribution in [0.25, 0.3) is 0 Å². The molecule has 0 heterocycles. The van der Waals surface area contributed by atoms with Crippen molar-refractivity contribution in [3.05, 3.63) is 0 Å². The molecule has 0 aromatic carbocycles. The summed E-state index contributed by atoms with van der Waals surface area (Å²) in [5.41, 5.74) is 0. The molecule has 7 heteroatoms. The Morgan fingerprint density at radius 3 is 0.286 bits per heavy atom. The van der Waals surface area contributed by atoms with Crippen LogP contribution >= 0.6 is 0 Å². The van der Waals surface area contributed by atoms with Crippen molar-refractivity contribution < 1.29 is 28.2 Å². The van der Waals surface area contributed by atoms with E-state index in [1.807, 2.05) is 0 Å². The minimum atomic E-state index is 0. The summed E-state index contributed by atoms with van der Waals surface area (Å²) in [6.07, 6.45) is 0. The maximum absolute atomic E-state index is 0. The molecule has 0 aromatic heterocycles. The Morgan fingerprint density at radius 2 is 0.286 bits per heavy atom. The summed E-state index contributed by atoms with van der Waals surface area (Å²) >= 11 is 0. The zero-order chi connectivity index (χ0) is 0. The van der Waals surface area contributed by atoms with Crippen LogP contribution in [0.3, 0.4) is 0 Å². The first-order chi connectivity index (χ1) is 0. The van der Waals surface area contributed by atoms with E-state index in [1.54, 1.807) is 0 Å². The van der Waals surface area contributed by atoms with Gasteiger partial charge in [-0.15, -0.1) is 0 Å². The fourth-order valence-corrected chi connectivity index (χ4v) is 0. The third-order valence-corrected chi connectivity index (χ3v) is 0. The van der Waals surface area contributed by atoms with Crippen LogP contribution in [-0.4, -0.2) is 23.9 Å². The molecule has 0 fully saturated rings. The van der Waals surface area contributed by atoms with Crippen LogP contribution in [0, 0.1) is 0 Å². The molecule has 0 aromatic rings. The normalized spacial score (nSPS) is 0. The van der Waals surface area contributed by atoms with Crippen LogP contribution in [0.4, 0.5) is 28.2 Å². The Kier molecular flexibility index (Phi) is 385000. The van der Waals surface area contributed by atoms with Gasteiger partial charge in [0.2, 0.25) is 0 Å².